The van der Waals surface area contributed by atoms with Gasteiger partial charge in [-0.3, -0.25) is 0 Å². The second-order valence-corrected chi connectivity index (χ2v) is 11.0. The van der Waals surface area contributed by atoms with E-state index in [2.05, 4.69) is 39.8 Å². The van der Waals surface area contributed by atoms with E-state index >= 15 is 0 Å². The Morgan fingerprint density at radius 2 is 2.06 bits per heavy atom. The van der Waals surface area contributed by atoms with E-state index in [0.29, 0.717) is 12.5 Å². The van der Waals surface area contributed by atoms with Crippen LogP contribution in [0.5, 0.6) is 0 Å². The van der Waals surface area contributed by atoms with E-state index in [9.17, 15) is 9.90 Å². The highest BCUT2D eigenvalue weighted by atomic mass is 16.6. The van der Waals surface area contributed by atoms with Gasteiger partial charge in [-0.1, -0.05) is 46.2 Å². The first-order valence-corrected chi connectivity index (χ1v) is 12.3. The third-order valence-corrected chi connectivity index (χ3v) is 9.07. The van der Waals surface area contributed by atoms with Crippen LogP contribution in [0.25, 0.3) is 0 Å². The monoisotopic (exact) mass is 433 g/mol. The minimum Gasteiger partial charge on any atom is -0.458 e. The molecular weight excluding hydrogens is 390 g/mol. The molecule has 0 radical (unpaired) electrons. The van der Waals surface area contributed by atoms with Crippen molar-refractivity contribution in [1.82, 2.24) is 0 Å². The molecule has 0 saturated heterocycles. The van der Waals surface area contributed by atoms with Crippen molar-refractivity contribution in [1.29, 1.82) is 0 Å². The summed E-state index contributed by atoms with van der Waals surface area (Å²) in [6.07, 6.45) is 10.6. The summed E-state index contributed by atoms with van der Waals surface area (Å²) in [5.41, 5.74) is 1.45. The molecule has 0 amide bonds. The van der Waals surface area contributed by atoms with Gasteiger partial charge in [0, 0.05) is 11.5 Å². The lowest BCUT2D eigenvalue weighted by Gasteiger charge is -2.58. The quantitative estimate of drug-likeness (QED) is 0.289. The number of carbonyl (C=O) groups is 1. The van der Waals surface area contributed by atoms with Gasteiger partial charge in [-0.2, -0.15) is 0 Å². The lowest BCUT2D eigenvalue weighted by Crippen LogP contribution is -2.58. The Hall–Kier alpha value is -1.36. The van der Waals surface area contributed by atoms with Gasteiger partial charge in [-0.05, 0) is 80.1 Å². The molecule has 3 aliphatic rings. The van der Waals surface area contributed by atoms with Gasteiger partial charge in [0.2, 0.25) is 0 Å². The van der Waals surface area contributed by atoms with E-state index in [-0.39, 0.29) is 28.6 Å². The molecule has 2 aliphatic carbocycles. The Labute approximate surface area is 188 Å². The molecule has 176 valence electrons. The molecule has 0 aromatic carbocycles. The minimum absolute atomic E-state index is 0.115. The normalized spacial score (nSPS) is 36.2. The summed E-state index contributed by atoms with van der Waals surface area (Å²) in [6.45, 7) is 11.8. The van der Waals surface area contributed by atoms with E-state index in [4.69, 9.17) is 9.57 Å². The van der Waals surface area contributed by atoms with Crippen molar-refractivity contribution in [2.75, 3.05) is 13.7 Å². The Morgan fingerprint density at radius 3 is 2.65 bits per heavy atom. The fraction of sp³-hybridized carbons (Fsp3) is 0.846. The Balaban J connectivity index is 1.85. The van der Waals surface area contributed by atoms with Crippen LogP contribution in [0.3, 0.4) is 0 Å². The van der Waals surface area contributed by atoms with Crippen LogP contribution in [0.4, 0.5) is 0 Å². The van der Waals surface area contributed by atoms with Gasteiger partial charge in [0.25, 0.3) is 0 Å². The van der Waals surface area contributed by atoms with Crippen molar-refractivity contribution < 1.29 is 19.5 Å². The van der Waals surface area contributed by atoms with Gasteiger partial charge < -0.3 is 14.7 Å². The number of esters is 1. The molecule has 0 aromatic heterocycles. The molecule has 0 spiro atoms. The van der Waals surface area contributed by atoms with Crippen molar-refractivity contribution >= 4 is 11.7 Å². The van der Waals surface area contributed by atoms with Crippen molar-refractivity contribution in [3.8, 4) is 0 Å². The lowest BCUT2D eigenvalue weighted by molar-refractivity contribution is -0.175. The predicted octanol–water partition coefficient (Wildman–Crippen LogP) is 5.66. The van der Waals surface area contributed by atoms with Crippen LogP contribution in [0.1, 0.15) is 92.4 Å². The van der Waals surface area contributed by atoms with E-state index < -0.39 is 5.60 Å². The molecule has 1 aliphatic heterocycles. The van der Waals surface area contributed by atoms with E-state index in [1.54, 1.807) is 13.2 Å². The van der Waals surface area contributed by atoms with Gasteiger partial charge >= 0.3 is 5.97 Å². The maximum atomic E-state index is 12.3. The van der Waals surface area contributed by atoms with Crippen LogP contribution in [0, 0.1) is 28.6 Å². The summed E-state index contributed by atoms with van der Waals surface area (Å²) >= 11 is 0. The van der Waals surface area contributed by atoms with Crippen LogP contribution in [-0.4, -0.2) is 36.1 Å². The van der Waals surface area contributed by atoms with Gasteiger partial charge in [0.15, 0.2) is 0 Å². The summed E-state index contributed by atoms with van der Waals surface area (Å²) in [4.78, 5) is 16.8. The second-order valence-electron chi connectivity index (χ2n) is 11.0. The first-order valence-electron chi connectivity index (χ1n) is 12.3. The molecule has 2 unspecified atom stereocenters. The zero-order chi connectivity index (χ0) is 22.9. The van der Waals surface area contributed by atoms with Gasteiger partial charge in [0.1, 0.15) is 13.7 Å². The fourth-order valence-electron chi connectivity index (χ4n) is 7.20. The molecule has 2 saturated carbocycles. The van der Waals surface area contributed by atoms with Gasteiger partial charge in [0.05, 0.1) is 11.3 Å². The molecule has 31 heavy (non-hydrogen) atoms. The van der Waals surface area contributed by atoms with Crippen molar-refractivity contribution in [3.63, 3.8) is 0 Å². The molecule has 5 atom stereocenters. The largest absolute Gasteiger partial charge is 0.458 e. The molecule has 2 fully saturated rings. The Morgan fingerprint density at radius 1 is 1.32 bits per heavy atom. The molecule has 1 N–H and O–H groups in total. The number of nitrogens with zero attached hydrogens (tertiary/aromatic N) is 1. The smallest absolute Gasteiger partial charge is 0.331 e. The number of carbonyl (C=O) groups excluding carboxylic acids is 1. The predicted molar refractivity (Wildman–Crippen MR) is 124 cm³/mol. The van der Waals surface area contributed by atoms with Gasteiger partial charge in [-0.25, -0.2) is 4.79 Å². The number of aliphatic hydroxyl groups is 1. The number of fused-ring (bicyclic) bond motifs is 1. The third kappa shape index (κ3) is 4.31. The summed E-state index contributed by atoms with van der Waals surface area (Å²) in [5.74, 6) is 0.769. The molecule has 5 nitrogen and oxygen atoms in total. The average molecular weight is 434 g/mol. The van der Waals surface area contributed by atoms with Crippen LogP contribution >= 0.6 is 0 Å². The summed E-state index contributed by atoms with van der Waals surface area (Å²) in [7, 11) is 1.62. The van der Waals surface area contributed by atoms with E-state index in [0.717, 1.165) is 69.1 Å². The molecular formula is C26H43NO4. The molecule has 0 bridgehead atoms. The van der Waals surface area contributed by atoms with Crippen LogP contribution in [0.15, 0.2) is 16.8 Å². The highest BCUT2D eigenvalue weighted by Gasteiger charge is 2.65. The lowest BCUT2D eigenvalue weighted by atomic mass is 9.49. The van der Waals surface area contributed by atoms with E-state index in [1.165, 1.54) is 0 Å². The van der Waals surface area contributed by atoms with Crippen molar-refractivity contribution in [2.24, 2.45) is 33.7 Å². The van der Waals surface area contributed by atoms with E-state index in [1.807, 2.05) is 0 Å². The number of oxime groups is 1. The highest BCUT2D eigenvalue weighted by molar-refractivity contribution is 5.85. The van der Waals surface area contributed by atoms with Crippen LogP contribution < -0.4 is 0 Å². The average Bonchev–Trinajstić information content (AvgIpc) is 3.26. The molecule has 5 heteroatoms. The highest BCUT2D eigenvalue weighted by Crippen LogP contribution is 2.66. The fourth-order valence-corrected chi connectivity index (χ4v) is 7.20. The zero-order valence-electron chi connectivity index (χ0n) is 20.5. The number of cyclic esters (lactones) is 1. The second kappa shape index (κ2) is 9.25. The third-order valence-electron chi connectivity index (χ3n) is 9.07. The molecule has 0 aromatic rings. The number of hydrogen-bond acceptors (Lipinski definition) is 5. The number of ether oxygens (including phenoxy) is 1. The summed E-state index contributed by atoms with van der Waals surface area (Å²) < 4.78 is 5.24. The van der Waals surface area contributed by atoms with Crippen molar-refractivity contribution in [2.45, 2.75) is 98.0 Å². The first-order chi connectivity index (χ1) is 14.6. The SMILES string of the molecule is CCCC1C(C(C)(C)CCC(CC)=NOC)CC[C@]2(C)[C@@H](C3=CC(=O)OC3)CC[C@]12O. The van der Waals surface area contributed by atoms with Crippen molar-refractivity contribution in [3.05, 3.63) is 11.6 Å². The maximum absolute atomic E-state index is 12.3. The van der Waals surface area contributed by atoms with Crippen LogP contribution in [0.2, 0.25) is 0 Å². The zero-order valence-corrected chi connectivity index (χ0v) is 20.5. The Kier molecular flexibility index (Phi) is 7.25. The Bertz CT molecular complexity index is 727. The molecule has 1 heterocycles. The summed E-state index contributed by atoms with van der Waals surface area (Å²) in [5, 5.41) is 16.5. The first kappa shape index (κ1) is 24.3. The number of rotatable bonds is 9. The maximum Gasteiger partial charge on any atom is 0.331 e. The number of hydrogen-bond donors (Lipinski definition) is 1. The summed E-state index contributed by atoms with van der Waals surface area (Å²) in [6, 6.07) is 0. The standard InChI is InChI=1S/C26H43NO4/c1-7-9-22-21(24(3,4)13-10-19(8-2)27-30-6)11-14-25(5)20(12-15-26(22,25)29)18-16-23(28)31-17-18/h16,20-22,29H,7-15,17H2,1-6H3/t20-,21?,22?,25-,26+/m1/s1. The molecule has 3 rings (SSSR count). The van der Waals surface area contributed by atoms with Crippen LogP contribution in [-0.2, 0) is 14.4 Å². The minimum atomic E-state index is -0.686. The van der Waals surface area contributed by atoms with Gasteiger partial charge in [-0.15, -0.1) is 0 Å². The topological polar surface area (TPSA) is 68.1 Å².